The van der Waals surface area contributed by atoms with E-state index < -0.39 is 12.0 Å². The molecule has 6 heteroatoms. The first-order chi connectivity index (χ1) is 9.09. The lowest BCUT2D eigenvalue weighted by Crippen LogP contribution is -2.42. The van der Waals surface area contributed by atoms with Gasteiger partial charge in [0.2, 0.25) is 5.91 Å². The van der Waals surface area contributed by atoms with Crippen LogP contribution in [-0.4, -0.2) is 45.3 Å². The zero-order chi connectivity index (χ0) is 13.8. The third-order valence-electron chi connectivity index (χ3n) is 2.93. The molecule has 2 rings (SSSR count). The zero-order valence-electron chi connectivity index (χ0n) is 10.5. The fourth-order valence-corrected chi connectivity index (χ4v) is 3.92. The number of aliphatic carboxylic acids is 1. The van der Waals surface area contributed by atoms with Gasteiger partial charge in [0.15, 0.2) is 0 Å². The molecule has 102 valence electrons. The largest absolute Gasteiger partial charge is 0.480 e. The number of rotatable bonds is 4. The number of carboxylic acids is 1. The van der Waals surface area contributed by atoms with E-state index in [1.165, 1.54) is 28.4 Å². The molecule has 1 aromatic carbocycles. The first kappa shape index (κ1) is 14.3. The third-order valence-corrected chi connectivity index (χ3v) is 5.10. The van der Waals surface area contributed by atoms with Gasteiger partial charge in [-0.15, -0.1) is 23.5 Å². The van der Waals surface area contributed by atoms with Crippen LogP contribution in [0.1, 0.15) is 5.56 Å². The van der Waals surface area contributed by atoms with E-state index in [0.717, 1.165) is 10.5 Å². The summed E-state index contributed by atoms with van der Waals surface area (Å²) in [5, 5.41) is 9.05. The van der Waals surface area contributed by atoms with Crippen molar-refractivity contribution >= 4 is 35.4 Å². The molecule has 0 aromatic heterocycles. The summed E-state index contributed by atoms with van der Waals surface area (Å²) in [6.07, 6.45) is 0. The number of carboxylic acid groups (broad SMARTS) is 1. The first-order valence-electron chi connectivity index (χ1n) is 5.88. The van der Waals surface area contributed by atoms with Gasteiger partial charge in [-0.1, -0.05) is 18.2 Å². The molecule has 19 heavy (non-hydrogen) atoms. The Labute approximate surface area is 120 Å². The SMILES string of the molecule is Cc1ccccc1SCC(=O)N1CSCC1C(=O)O. The molecule has 0 saturated carbocycles. The summed E-state index contributed by atoms with van der Waals surface area (Å²) < 4.78 is 0. The molecule has 1 saturated heterocycles. The van der Waals surface area contributed by atoms with Crippen LogP contribution in [0.5, 0.6) is 0 Å². The van der Waals surface area contributed by atoms with E-state index >= 15 is 0 Å². The van der Waals surface area contributed by atoms with Crippen LogP contribution in [0.25, 0.3) is 0 Å². The van der Waals surface area contributed by atoms with Crippen LogP contribution in [0.3, 0.4) is 0 Å². The summed E-state index contributed by atoms with van der Waals surface area (Å²) in [6.45, 7) is 2.00. The molecule has 0 aliphatic carbocycles. The van der Waals surface area contributed by atoms with Crippen LogP contribution in [0.4, 0.5) is 0 Å². The number of nitrogens with zero attached hydrogens (tertiary/aromatic N) is 1. The average molecular weight is 297 g/mol. The van der Waals surface area contributed by atoms with Crippen molar-refractivity contribution in [3.05, 3.63) is 29.8 Å². The van der Waals surface area contributed by atoms with Crippen molar-refractivity contribution in [3.63, 3.8) is 0 Å². The Bertz CT molecular complexity index is 493. The summed E-state index contributed by atoms with van der Waals surface area (Å²) in [7, 11) is 0. The van der Waals surface area contributed by atoms with Crippen LogP contribution < -0.4 is 0 Å². The Hall–Kier alpha value is -1.14. The fraction of sp³-hybridized carbons (Fsp3) is 0.385. The highest BCUT2D eigenvalue weighted by Gasteiger charge is 2.34. The maximum absolute atomic E-state index is 12.1. The highest BCUT2D eigenvalue weighted by atomic mass is 32.2. The Kier molecular flexibility index (Phi) is 4.76. The summed E-state index contributed by atoms with van der Waals surface area (Å²) in [4.78, 5) is 25.6. The minimum atomic E-state index is -0.917. The van der Waals surface area contributed by atoms with E-state index in [2.05, 4.69) is 0 Å². The number of aryl methyl sites for hydroxylation is 1. The fourth-order valence-electron chi connectivity index (χ4n) is 1.83. The molecule has 4 nitrogen and oxygen atoms in total. The lowest BCUT2D eigenvalue weighted by atomic mass is 10.2. The number of carbonyl (C=O) groups is 2. The Morgan fingerprint density at radius 3 is 2.89 bits per heavy atom. The van der Waals surface area contributed by atoms with Crippen LogP contribution in [-0.2, 0) is 9.59 Å². The second kappa shape index (κ2) is 6.34. The van der Waals surface area contributed by atoms with Gasteiger partial charge >= 0.3 is 5.97 Å². The standard InChI is InChI=1S/C13H15NO3S2/c1-9-4-2-3-5-11(9)19-7-12(15)14-8-18-6-10(14)13(16)17/h2-5,10H,6-8H2,1H3,(H,16,17). The smallest absolute Gasteiger partial charge is 0.327 e. The molecular formula is C13H15NO3S2. The quantitative estimate of drug-likeness (QED) is 0.862. The minimum Gasteiger partial charge on any atom is -0.480 e. The molecule has 1 aromatic rings. The lowest BCUT2D eigenvalue weighted by Gasteiger charge is -2.20. The number of thioether (sulfide) groups is 2. The lowest BCUT2D eigenvalue weighted by molar-refractivity contribution is -0.146. The van der Waals surface area contributed by atoms with Crippen molar-refractivity contribution in [2.24, 2.45) is 0 Å². The second-order valence-electron chi connectivity index (χ2n) is 4.27. The van der Waals surface area contributed by atoms with E-state index in [1.807, 2.05) is 31.2 Å². The van der Waals surface area contributed by atoms with Gasteiger partial charge in [0.1, 0.15) is 6.04 Å². The van der Waals surface area contributed by atoms with Gasteiger partial charge in [-0.3, -0.25) is 4.79 Å². The molecule has 1 atom stereocenters. The van der Waals surface area contributed by atoms with Crippen molar-refractivity contribution in [1.82, 2.24) is 4.90 Å². The van der Waals surface area contributed by atoms with Crippen LogP contribution in [0.2, 0.25) is 0 Å². The Balaban J connectivity index is 1.95. The highest BCUT2D eigenvalue weighted by molar-refractivity contribution is 8.00. The monoisotopic (exact) mass is 297 g/mol. The molecule has 1 unspecified atom stereocenters. The molecule has 0 spiro atoms. The number of carbonyl (C=O) groups excluding carboxylic acids is 1. The number of benzene rings is 1. The normalized spacial score (nSPS) is 18.6. The maximum Gasteiger partial charge on any atom is 0.327 e. The summed E-state index contributed by atoms with van der Waals surface area (Å²) >= 11 is 2.95. The molecule has 1 amide bonds. The van der Waals surface area contributed by atoms with Crippen molar-refractivity contribution < 1.29 is 14.7 Å². The molecule has 1 N–H and O–H groups in total. The van der Waals surface area contributed by atoms with Crippen molar-refractivity contribution in [3.8, 4) is 0 Å². The minimum absolute atomic E-state index is 0.106. The molecule has 0 radical (unpaired) electrons. The highest BCUT2D eigenvalue weighted by Crippen LogP contribution is 2.25. The van der Waals surface area contributed by atoms with Crippen LogP contribution in [0, 0.1) is 6.92 Å². The molecule has 1 fully saturated rings. The second-order valence-corrected chi connectivity index (χ2v) is 6.29. The molecule has 0 bridgehead atoms. The van der Waals surface area contributed by atoms with Gasteiger partial charge in [-0.25, -0.2) is 4.79 Å². The predicted molar refractivity (Wildman–Crippen MR) is 77.5 cm³/mol. The topological polar surface area (TPSA) is 57.6 Å². The first-order valence-corrected chi connectivity index (χ1v) is 8.02. The molecule has 1 aliphatic rings. The van der Waals surface area contributed by atoms with Gasteiger partial charge in [-0.05, 0) is 18.6 Å². The third kappa shape index (κ3) is 3.45. The van der Waals surface area contributed by atoms with Gasteiger partial charge in [-0.2, -0.15) is 0 Å². The van der Waals surface area contributed by atoms with Gasteiger partial charge in [0.05, 0.1) is 11.6 Å². The summed E-state index contributed by atoms with van der Waals surface area (Å²) in [6, 6.07) is 7.19. The molecule has 1 heterocycles. The average Bonchev–Trinajstić information content (AvgIpc) is 2.87. The summed E-state index contributed by atoms with van der Waals surface area (Å²) in [5.41, 5.74) is 1.13. The van der Waals surface area contributed by atoms with Gasteiger partial charge < -0.3 is 10.0 Å². The van der Waals surface area contributed by atoms with E-state index in [4.69, 9.17) is 5.11 Å². The van der Waals surface area contributed by atoms with E-state index in [0.29, 0.717) is 11.6 Å². The van der Waals surface area contributed by atoms with Gasteiger partial charge in [0, 0.05) is 10.6 Å². The van der Waals surface area contributed by atoms with Crippen LogP contribution in [0.15, 0.2) is 29.2 Å². The number of hydrogen-bond donors (Lipinski definition) is 1. The van der Waals surface area contributed by atoms with E-state index in [1.54, 1.807) is 0 Å². The predicted octanol–water partition coefficient (Wildman–Crippen LogP) is 2.07. The summed E-state index contributed by atoms with van der Waals surface area (Å²) in [5.74, 6) is 0.222. The Morgan fingerprint density at radius 2 is 2.21 bits per heavy atom. The van der Waals surface area contributed by atoms with Crippen LogP contribution >= 0.6 is 23.5 Å². The van der Waals surface area contributed by atoms with Crippen molar-refractivity contribution in [1.29, 1.82) is 0 Å². The maximum atomic E-state index is 12.1. The Morgan fingerprint density at radius 1 is 1.47 bits per heavy atom. The van der Waals surface area contributed by atoms with E-state index in [-0.39, 0.29) is 11.7 Å². The van der Waals surface area contributed by atoms with E-state index in [9.17, 15) is 9.59 Å². The van der Waals surface area contributed by atoms with Crippen molar-refractivity contribution in [2.45, 2.75) is 17.9 Å². The zero-order valence-corrected chi connectivity index (χ0v) is 12.2. The molecule has 1 aliphatic heterocycles. The molecular weight excluding hydrogens is 282 g/mol. The number of amides is 1. The van der Waals surface area contributed by atoms with Crippen molar-refractivity contribution in [2.75, 3.05) is 17.4 Å². The van der Waals surface area contributed by atoms with Gasteiger partial charge in [0.25, 0.3) is 0 Å². The number of hydrogen-bond acceptors (Lipinski definition) is 4.